The molecule has 3 aromatic rings. The first-order chi connectivity index (χ1) is 9.84. The van der Waals surface area contributed by atoms with E-state index in [1.54, 1.807) is 0 Å². The van der Waals surface area contributed by atoms with Crippen LogP contribution in [-0.4, -0.2) is 26.1 Å². The average molecular weight is 267 g/mol. The standard InChI is InChI=1S/C15H17N5/c1-12(13-5-8-16-9-6-13)17-10-7-15-19-18-14-4-2-3-11-20(14)15/h2-6,8-9,11-12,17H,7,10H2,1H3. The molecule has 3 rings (SSSR count). The van der Waals surface area contributed by atoms with Gasteiger partial charge in [-0.05, 0) is 36.8 Å². The lowest BCUT2D eigenvalue weighted by Gasteiger charge is -2.13. The highest BCUT2D eigenvalue weighted by Crippen LogP contribution is 2.10. The van der Waals surface area contributed by atoms with E-state index in [0.29, 0.717) is 6.04 Å². The van der Waals surface area contributed by atoms with Gasteiger partial charge >= 0.3 is 0 Å². The van der Waals surface area contributed by atoms with Gasteiger partial charge in [0.1, 0.15) is 5.82 Å². The Morgan fingerprint density at radius 3 is 2.85 bits per heavy atom. The highest BCUT2D eigenvalue weighted by Gasteiger charge is 2.07. The lowest BCUT2D eigenvalue weighted by molar-refractivity contribution is 0.568. The van der Waals surface area contributed by atoms with E-state index in [1.807, 2.05) is 53.3 Å². The van der Waals surface area contributed by atoms with Crippen LogP contribution in [0.2, 0.25) is 0 Å². The van der Waals surface area contributed by atoms with E-state index < -0.39 is 0 Å². The van der Waals surface area contributed by atoms with Crippen LogP contribution >= 0.6 is 0 Å². The largest absolute Gasteiger partial charge is 0.310 e. The summed E-state index contributed by atoms with van der Waals surface area (Å²) in [5.74, 6) is 0.982. The van der Waals surface area contributed by atoms with Crippen molar-refractivity contribution < 1.29 is 0 Å². The first-order valence-electron chi connectivity index (χ1n) is 6.76. The lowest BCUT2D eigenvalue weighted by Crippen LogP contribution is -2.22. The maximum atomic E-state index is 4.23. The predicted octanol–water partition coefficient (Wildman–Crippen LogP) is 2.02. The van der Waals surface area contributed by atoms with Crippen LogP contribution in [0.5, 0.6) is 0 Å². The van der Waals surface area contributed by atoms with E-state index in [1.165, 1.54) is 5.56 Å². The normalized spacial score (nSPS) is 12.7. The minimum atomic E-state index is 0.303. The minimum absolute atomic E-state index is 0.303. The number of nitrogens with one attached hydrogen (secondary N) is 1. The molecule has 0 fully saturated rings. The number of nitrogens with zero attached hydrogens (tertiary/aromatic N) is 4. The van der Waals surface area contributed by atoms with Crippen molar-refractivity contribution in [1.29, 1.82) is 0 Å². The van der Waals surface area contributed by atoms with E-state index in [2.05, 4.69) is 27.4 Å². The van der Waals surface area contributed by atoms with E-state index in [4.69, 9.17) is 0 Å². The third kappa shape index (κ3) is 2.67. The number of fused-ring (bicyclic) bond motifs is 1. The first-order valence-corrected chi connectivity index (χ1v) is 6.76. The molecule has 0 amide bonds. The van der Waals surface area contributed by atoms with Crippen LogP contribution in [0.25, 0.3) is 5.65 Å². The smallest absolute Gasteiger partial charge is 0.160 e. The monoisotopic (exact) mass is 267 g/mol. The topological polar surface area (TPSA) is 55.1 Å². The minimum Gasteiger partial charge on any atom is -0.310 e. The van der Waals surface area contributed by atoms with Gasteiger partial charge in [0.25, 0.3) is 0 Å². The first kappa shape index (κ1) is 12.7. The fourth-order valence-corrected chi connectivity index (χ4v) is 2.23. The molecule has 0 bridgehead atoms. The fraction of sp³-hybridized carbons (Fsp3) is 0.267. The van der Waals surface area contributed by atoms with E-state index in [0.717, 1.165) is 24.4 Å². The maximum Gasteiger partial charge on any atom is 0.160 e. The second-order valence-electron chi connectivity index (χ2n) is 4.75. The summed E-state index contributed by atoms with van der Waals surface area (Å²) >= 11 is 0. The van der Waals surface area contributed by atoms with Crippen molar-refractivity contribution in [3.63, 3.8) is 0 Å². The molecule has 102 valence electrons. The molecule has 3 aromatic heterocycles. The lowest BCUT2D eigenvalue weighted by atomic mass is 10.1. The average Bonchev–Trinajstić information content (AvgIpc) is 2.92. The van der Waals surface area contributed by atoms with Gasteiger partial charge in [-0.3, -0.25) is 9.38 Å². The summed E-state index contributed by atoms with van der Waals surface area (Å²) in [5, 5.41) is 11.9. The Bertz CT molecular complexity index is 677. The quantitative estimate of drug-likeness (QED) is 0.768. The van der Waals surface area contributed by atoms with Gasteiger partial charge in [0.2, 0.25) is 0 Å². The van der Waals surface area contributed by atoms with Crippen LogP contribution in [0.15, 0.2) is 48.9 Å². The van der Waals surface area contributed by atoms with Crippen molar-refractivity contribution in [3.8, 4) is 0 Å². The van der Waals surface area contributed by atoms with Gasteiger partial charge in [-0.2, -0.15) is 0 Å². The number of pyridine rings is 2. The molecular weight excluding hydrogens is 250 g/mol. The molecule has 0 aliphatic rings. The van der Waals surface area contributed by atoms with Gasteiger partial charge in [0.05, 0.1) is 0 Å². The molecule has 0 saturated heterocycles. The van der Waals surface area contributed by atoms with Crippen molar-refractivity contribution in [2.75, 3.05) is 6.54 Å². The molecule has 0 saturated carbocycles. The summed E-state index contributed by atoms with van der Waals surface area (Å²) in [6.45, 7) is 3.01. The van der Waals surface area contributed by atoms with Crippen LogP contribution < -0.4 is 5.32 Å². The van der Waals surface area contributed by atoms with E-state index in [-0.39, 0.29) is 0 Å². The zero-order valence-electron chi connectivity index (χ0n) is 11.4. The number of aromatic nitrogens is 4. The van der Waals surface area contributed by atoms with Gasteiger partial charge in [-0.15, -0.1) is 10.2 Å². The summed E-state index contributed by atoms with van der Waals surface area (Å²) in [5.41, 5.74) is 2.13. The van der Waals surface area contributed by atoms with E-state index >= 15 is 0 Å². The van der Waals surface area contributed by atoms with Crippen molar-refractivity contribution >= 4 is 5.65 Å². The van der Waals surface area contributed by atoms with Crippen molar-refractivity contribution in [3.05, 3.63) is 60.3 Å². The summed E-state index contributed by atoms with van der Waals surface area (Å²) in [7, 11) is 0. The van der Waals surface area contributed by atoms with Crippen LogP contribution in [0, 0.1) is 0 Å². The van der Waals surface area contributed by atoms with Crippen LogP contribution in [0.1, 0.15) is 24.4 Å². The number of hydrogen-bond acceptors (Lipinski definition) is 4. The Balaban J connectivity index is 1.60. The molecule has 1 unspecified atom stereocenters. The van der Waals surface area contributed by atoms with Crippen LogP contribution in [0.4, 0.5) is 0 Å². The molecular formula is C15H17N5. The van der Waals surface area contributed by atoms with Crippen molar-refractivity contribution in [1.82, 2.24) is 24.9 Å². The van der Waals surface area contributed by atoms with Gasteiger partial charge in [0, 0.05) is 37.6 Å². The second-order valence-corrected chi connectivity index (χ2v) is 4.75. The Kier molecular flexibility index (Phi) is 3.69. The zero-order chi connectivity index (χ0) is 13.8. The summed E-state index contributed by atoms with van der Waals surface area (Å²) < 4.78 is 2.03. The Morgan fingerprint density at radius 1 is 1.15 bits per heavy atom. The van der Waals surface area contributed by atoms with Gasteiger partial charge in [-0.1, -0.05) is 6.07 Å². The summed E-state index contributed by atoms with van der Waals surface area (Å²) in [4.78, 5) is 4.03. The molecule has 5 nitrogen and oxygen atoms in total. The molecule has 5 heteroatoms. The molecule has 0 aromatic carbocycles. The molecule has 20 heavy (non-hydrogen) atoms. The third-order valence-corrected chi connectivity index (χ3v) is 3.39. The Morgan fingerprint density at radius 2 is 2.00 bits per heavy atom. The van der Waals surface area contributed by atoms with Crippen molar-refractivity contribution in [2.24, 2.45) is 0 Å². The number of hydrogen-bond donors (Lipinski definition) is 1. The summed E-state index contributed by atoms with van der Waals surface area (Å²) in [6, 6.07) is 10.3. The van der Waals surface area contributed by atoms with Gasteiger partial charge in [-0.25, -0.2) is 0 Å². The van der Waals surface area contributed by atoms with Gasteiger partial charge < -0.3 is 5.32 Å². The van der Waals surface area contributed by atoms with Crippen LogP contribution in [0.3, 0.4) is 0 Å². The highest BCUT2D eigenvalue weighted by molar-refractivity contribution is 5.37. The molecule has 0 aliphatic carbocycles. The zero-order valence-corrected chi connectivity index (χ0v) is 11.4. The fourth-order valence-electron chi connectivity index (χ4n) is 2.23. The SMILES string of the molecule is CC(NCCc1nnc2ccccn12)c1ccncc1. The molecule has 0 radical (unpaired) electrons. The highest BCUT2D eigenvalue weighted by atomic mass is 15.2. The molecule has 0 aliphatic heterocycles. The maximum absolute atomic E-state index is 4.23. The predicted molar refractivity (Wildman–Crippen MR) is 77.3 cm³/mol. The Hall–Kier alpha value is -2.27. The van der Waals surface area contributed by atoms with Crippen molar-refractivity contribution in [2.45, 2.75) is 19.4 Å². The molecule has 1 N–H and O–H groups in total. The molecule has 3 heterocycles. The molecule has 1 atom stereocenters. The van der Waals surface area contributed by atoms with Crippen LogP contribution in [-0.2, 0) is 6.42 Å². The second kappa shape index (κ2) is 5.79. The van der Waals surface area contributed by atoms with Gasteiger partial charge in [0.15, 0.2) is 5.65 Å². The summed E-state index contributed by atoms with van der Waals surface area (Å²) in [6.07, 6.45) is 6.48. The Labute approximate surface area is 117 Å². The number of rotatable bonds is 5. The third-order valence-electron chi connectivity index (χ3n) is 3.39. The molecule has 0 spiro atoms. The van der Waals surface area contributed by atoms with E-state index in [9.17, 15) is 0 Å².